The zero-order chi connectivity index (χ0) is 14.2. The first-order valence-electron chi connectivity index (χ1n) is 6.54. The molecule has 1 aliphatic rings. The number of nitrogens with zero attached hydrogens (tertiary/aromatic N) is 3. The Morgan fingerprint density at radius 3 is 2.74 bits per heavy atom. The molecule has 0 bridgehead atoms. The molecule has 2 heterocycles. The predicted molar refractivity (Wildman–Crippen MR) is 68.5 cm³/mol. The van der Waals surface area contributed by atoms with Crippen LogP contribution in [0.25, 0.3) is 0 Å². The molecule has 104 valence electrons. The van der Waals surface area contributed by atoms with Crippen LogP contribution >= 0.6 is 0 Å². The lowest BCUT2D eigenvalue weighted by Gasteiger charge is -2.25. The highest BCUT2D eigenvalue weighted by Crippen LogP contribution is 2.39. The molecule has 0 aliphatic carbocycles. The van der Waals surface area contributed by atoms with Gasteiger partial charge in [-0.3, -0.25) is 14.3 Å². The molecule has 1 saturated heterocycles. The molecule has 2 rings (SSSR count). The van der Waals surface area contributed by atoms with Gasteiger partial charge in [-0.15, -0.1) is 0 Å². The normalized spacial score (nSPS) is 23.1. The summed E-state index contributed by atoms with van der Waals surface area (Å²) in [5, 5.41) is 13.7. The van der Waals surface area contributed by atoms with E-state index in [1.807, 2.05) is 27.1 Å². The number of amides is 1. The van der Waals surface area contributed by atoms with Crippen molar-refractivity contribution in [2.45, 2.75) is 32.7 Å². The van der Waals surface area contributed by atoms with Crippen LogP contribution in [0.15, 0.2) is 6.20 Å². The maximum atomic E-state index is 11.9. The monoisotopic (exact) mass is 265 g/mol. The third-order valence-corrected chi connectivity index (χ3v) is 3.68. The van der Waals surface area contributed by atoms with Crippen LogP contribution < -0.4 is 0 Å². The summed E-state index contributed by atoms with van der Waals surface area (Å²) < 4.78 is 1.68. The summed E-state index contributed by atoms with van der Waals surface area (Å²) in [6.45, 7) is 4.37. The molecule has 2 atom stereocenters. The van der Waals surface area contributed by atoms with Gasteiger partial charge in [0.05, 0.1) is 17.7 Å². The summed E-state index contributed by atoms with van der Waals surface area (Å²) in [6, 6.07) is -0.390. The van der Waals surface area contributed by atoms with E-state index in [1.165, 1.54) is 0 Å². The Bertz CT molecular complexity index is 509. The van der Waals surface area contributed by atoms with Gasteiger partial charge in [-0.2, -0.15) is 5.10 Å². The summed E-state index contributed by atoms with van der Waals surface area (Å²) in [5.41, 5.74) is 1.73. The van der Waals surface area contributed by atoms with Gasteiger partial charge in [0.15, 0.2) is 0 Å². The molecule has 1 fully saturated rings. The first-order chi connectivity index (χ1) is 8.99. The van der Waals surface area contributed by atoms with Gasteiger partial charge in [0.1, 0.15) is 0 Å². The Morgan fingerprint density at radius 1 is 1.53 bits per heavy atom. The summed E-state index contributed by atoms with van der Waals surface area (Å²) in [5.74, 6) is -1.69. The van der Waals surface area contributed by atoms with Crippen molar-refractivity contribution < 1.29 is 14.7 Å². The molecule has 1 N–H and O–H groups in total. The number of hydrogen-bond acceptors (Lipinski definition) is 3. The summed E-state index contributed by atoms with van der Waals surface area (Å²) in [4.78, 5) is 25.0. The van der Waals surface area contributed by atoms with Crippen molar-refractivity contribution in [2.24, 2.45) is 13.0 Å². The van der Waals surface area contributed by atoms with Crippen LogP contribution in [0.2, 0.25) is 0 Å². The molecule has 0 spiro atoms. The van der Waals surface area contributed by atoms with E-state index < -0.39 is 17.9 Å². The fourth-order valence-electron chi connectivity index (χ4n) is 2.84. The van der Waals surface area contributed by atoms with E-state index in [1.54, 1.807) is 9.58 Å². The molecule has 0 saturated carbocycles. The molecule has 6 nitrogen and oxygen atoms in total. The fourth-order valence-corrected chi connectivity index (χ4v) is 2.84. The fraction of sp³-hybridized carbons (Fsp3) is 0.615. The third-order valence-electron chi connectivity index (χ3n) is 3.68. The van der Waals surface area contributed by atoms with Crippen LogP contribution in [0.1, 0.15) is 37.6 Å². The first-order valence-corrected chi connectivity index (χ1v) is 6.54. The van der Waals surface area contributed by atoms with Crippen LogP contribution in [0.5, 0.6) is 0 Å². The van der Waals surface area contributed by atoms with Crippen LogP contribution in [-0.4, -0.2) is 38.2 Å². The third kappa shape index (κ3) is 2.22. The van der Waals surface area contributed by atoms with Gasteiger partial charge in [0, 0.05) is 31.8 Å². The maximum Gasteiger partial charge on any atom is 0.309 e. The van der Waals surface area contributed by atoms with E-state index in [-0.39, 0.29) is 12.3 Å². The van der Waals surface area contributed by atoms with Crippen molar-refractivity contribution in [1.82, 2.24) is 14.7 Å². The second-order valence-electron chi connectivity index (χ2n) is 4.83. The van der Waals surface area contributed by atoms with Crippen molar-refractivity contribution in [1.29, 1.82) is 0 Å². The number of hydrogen-bond donors (Lipinski definition) is 1. The number of likely N-dealkylation sites (tertiary alicyclic amines) is 1. The quantitative estimate of drug-likeness (QED) is 0.880. The summed E-state index contributed by atoms with van der Waals surface area (Å²) >= 11 is 0. The van der Waals surface area contributed by atoms with Crippen molar-refractivity contribution in [3.05, 3.63) is 17.5 Å². The highest BCUT2D eigenvalue weighted by molar-refractivity contribution is 5.87. The van der Waals surface area contributed by atoms with Crippen molar-refractivity contribution in [3.8, 4) is 0 Å². The van der Waals surface area contributed by atoms with E-state index in [9.17, 15) is 14.7 Å². The lowest BCUT2D eigenvalue weighted by molar-refractivity contribution is -0.142. The van der Waals surface area contributed by atoms with E-state index in [4.69, 9.17) is 0 Å². The molecular weight excluding hydrogens is 246 g/mol. The van der Waals surface area contributed by atoms with Gasteiger partial charge in [-0.1, -0.05) is 6.92 Å². The standard InChI is InChI=1S/C13H19N3O3/c1-4-10-9(7-15(3)14-10)12-8(13(18)19)6-11(17)16(12)5-2/h7-8,12H,4-6H2,1-3H3,(H,18,19). The number of rotatable bonds is 4. The number of carbonyl (C=O) groups excluding carboxylic acids is 1. The van der Waals surface area contributed by atoms with Crippen LogP contribution in [0, 0.1) is 5.92 Å². The molecule has 0 aromatic carbocycles. The van der Waals surface area contributed by atoms with E-state index in [2.05, 4.69) is 5.10 Å². The van der Waals surface area contributed by atoms with E-state index in [0.29, 0.717) is 6.54 Å². The molecule has 1 aromatic rings. The maximum absolute atomic E-state index is 11.9. The smallest absolute Gasteiger partial charge is 0.309 e. The predicted octanol–water partition coefficient (Wildman–Crippen LogP) is 0.977. The Kier molecular flexibility index (Phi) is 3.59. The Labute approximate surface area is 112 Å². The molecule has 2 unspecified atom stereocenters. The van der Waals surface area contributed by atoms with E-state index >= 15 is 0 Å². The minimum absolute atomic E-state index is 0.0753. The second kappa shape index (κ2) is 5.03. The van der Waals surface area contributed by atoms with Crippen LogP contribution in [0.3, 0.4) is 0 Å². The minimum Gasteiger partial charge on any atom is -0.481 e. The molecule has 1 aliphatic heterocycles. The second-order valence-corrected chi connectivity index (χ2v) is 4.83. The van der Waals surface area contributed by atoms with Gasteiger partial charge in [0.25, 0.3) is 0 Å². The lowest BCUT2D eigenvalue weighted by atomic mass is 9.93. The van der Waals surface area contributed by atoms with Gasteiger partial charge < -0.3 is 10.0 Å². The Balaban J connectivity index is 2.47. The summed E-state index contributed by atoms with van der Waals surface area (Å²) in [7, 11) is 1.81. The number of carboxylic acid groups (broad SMARTS) is 1. The topological polar surface area (TPSA) is 75.4 Å². The van der Waals surface area contributed by atoms with Crippen molar-refractivity contribution in [3.63, 3.8) is 0 Å². The summed E-state index contributed by atoms with van der Waals surface area (Å²) in [6.07, 6.45) is 2.64. The SMILES string of the molecule is CCc1nn(C)cc1C1C(C(=O)O)CC(=O)N1CC. The number of carbonyl (C=O) groups is 2. The molecular formula is C13H19N3O3. The number of aryl methyl sites for hydroxylation is 2. The Hall–Kier alpha value is -1.85. The van der Waals surface area contributed by atoms with Crippen LogP contribution in [-0.2, 0) is 23.1 Å². The number of aliphatic carboxylic acids is 1. The average Bonchev–Trinajstić information content (AvgIpc) is 2.88. The molecule has 1 aromatic heterocycles. The van der Waals surface area contributed by atoms with Crippen molar-refractivity contribution >= 4 is 11.9 Å². The average molecular weight is 265 g/mol. The largest absolute Gasteiger partial charge is 0.481 e. The first kappa shape index (κ1) is 13.6. The molecule has 0 radical (unpaired) electrons. The van der Waals surface area contributed by atoms with Crippen molar-refractivity contribution in [2.75, 3.05) is 6.54 Å². The highest BCUT2D eigenvalue weighted by atomic mass is 16.4. The molecule has 1 amide bonds. The van der Waals surface area contributed by atoms with E-state index in [0.717, 1.165) is 17.7 Å². The zero-order valence-electron chi connectivity index (χ0n) is 11.5. The minimum atomic E-state index is -0.916. The van der Waals surface area contributed by atoms with Gasteiger partial charge in [-0.05, 0) is 13.3 Å². The highest BCUT2D eigenvalue weighted by Gasteiger charge is 2.45. The lowest BCUT2D eigenvalue weighted by Crippen LogP contribution is -2.30. The van der Waals surface area contributed by atoms with Gasteiger partial charge >= 0.3 is 5.97 Å². The zero-order valence-corrected chi connectivity index (χ0v) is 11.5. The molecule has 6 heteroatoms. The number of carboxylic acids is 1. The molecule has 19 heavy (non-hydrogen) atoms. The van der Waals surface area contributed by atoms with Gasteiger partial charge in [0.2, 0.25) is 5.91 Å². The Morgan fingerprint density at radius 2 is 2.21 bits per heavy atom. The van der Waals surface area contributed by atoms with Crippen LogP contribution in [0.4, 0.5) is 0 Å². The number of aromatic nitrogens is 2. The van der Waals surface area contributed by atoms with Gasteiger partial charge in [-0.25, -0.2) is 0 Å².